The molecule has 8 nitrogen and oxygen atoms in total. The molecule has 0 aromatic carbocycles. The van der Waals surface area contributed by atoms with E-state index >= 15 is 0 Å². The van der Waals surface area contributed by atoms with Gasteiger partial charge in [-0.05, 0) is 13.5 Å². The van der Waals surface area contributed by atoms with Crippen LogP contribution in [0.15, 0.2) is 6.20 Å². The summed E-state index contributed by atoms with van der Waals surface area (Å²) in [4.78, 5) is 8.82. The number of hydrogen-bond donors (Lipinski definition) is 1. The van der Waals surface area contributed by atoms with Crippen molar-refractivity contribution in [2.24, 2.45) is 0 Å². The second-order valence-corrected chi connectivity index (χ2v) is 7.90. The molecule has 116 valence electrons. The Morgan fingerprint density at radius 3 is 2.71 bits per heavy atom. The van der Waals surface area contributed by atoms with Crippen molar-refractivity contribution in [3.63, 3.8) is 0 Å². The van der Waals surface area contributed by atoms with Crippen LogP contribution in [0.25, 0.3) is 0 Å². The zero-order chi connectivity index (χ0) is 14.9. The maximum Gasteiger partial charge on any atom is 0.247 e. The molecule has 1 N–H and O–H groups in total. The Morgan fingerprint density at radius 2 is 2.05 bits per heavy atom. The largest absolute Gasteiger partial charge is 0.365 e. The van der Waals surface area contributed by atoms with Crippen molar-refractivity contribution < 1.29 is 8.42 Å². The van der Waals surface area contributed by atoms with Crippen molar-refractivity contribution in [2.75, 3.05) is 54.9 Å². The molecule has 21 heavy (non-hydrogen) atoms. The number of nitrogens with zero attached hydrogens (tertiary/aromatic N) is 5. The number of nitrogens with one attached hydrogen (secondary N) is 1. The third-order valence-corrected chi connectivity index (χ3v) is 5.69. The predicted molar refractivity (Wildman–Crippen MR) is 80.2 cm³/mol. The van der Waals surface area contributed by atoms with E-state index in [1.807, 2.05) is 0 Å². The highest BCUT2D eigenvalue weighted by atomic mass is 32.2. The fourth-order valence-electron chi connectivity index (χ4n) is 2.62. The SMILES string of the molecule is CN1CCN(c2nncc(NC3CCS(=O)(=O)C3)n2)CC1. The van der Waals surface area contributed by atoms with E-state index in [0.29, 0.717) is 18.2 Å². The summed E-state index contributed by atoms with van der Waals surface area (Å²) in [6.45, 7) is 3.70. The maximum atomic E-state index is 11.5. The number of hydrogen-bond acceptors (Lipinski definition) is 8. The predicted octanol–water partition coefficient (Wildman–Crippen LogP) is -0.778. The molecule has 0 saturated carbocycles. The monoisotopic (exact) mass is 312 g/mol. The Labute approximate surface area is 124 Å². The van der Waals surface area contributed by atoms with Gasteiger partial charge in [0.1, 0.15) is 0 Å². The van der Waals surface area contributed by atoms with E-state index in [-0.39, 0.29) is 17.5 Å². The van der Waals surface area contributed by atoms with Crippen molar-refractivity contribution in [1.29, 1.82) is 0 Å². The first-order valence-corrected chi connectivity index (χ1v) is 8.94. The van der Waals surface area contributed by atoms with E-state index in [1.54, 1.807) is 6.20 Å². The summed E-state index contributed by atoms with van der Waals surface area (Å²) in [5.74, 6) is 1.62. The highest BCUT2D eigenvalue weighted by Gasteiger charge is 2.28. The summed E-state index contributed by atoms with van der Waals surface area (Å²) in [6.07, 6.45) is 2.17. The summed E-state index contributed by atoms with van der Waals surface area (Å²) in [5, 5.41) is 11.2. The molecule has 0 aliphatic carbocycles. The highest BCUT2D eigenvalue weighted by molar-refractivity contribution is 7.91. The van der Waals surface area contributed by atoms with Gasteiger partial charge >= 0.3 is 0 Å². The molecule has 1 aromatic rings. The minimum atomic E-state index is -2.89. The Morgan fingerprint density at radius 1 is 1.29 bits per heavy atom. The fraction of sp³-hybridized carbons (Fsp3) is 0.750. The average Bonchev–Trinajstić information content (AvgIpc) is 2.79. The van der Waals surface area contributed by atoms with E-state index in [2.05, 4.69) is 37.3 Å². The van der Waals surface area contributed by atoms with Crippen LogP contribution in [0, 0.1) is 0 Å². The molecule has 2 fully saturated rings. The zero-order valence-electron chi connectivity index (χ0n) is 12.1. The number of anilines is 2. The van der Waals surface area contributed by atoms with Crippen molar-refractivity contribution >= 4 is 21.6 Å². The lowest BCUT2D eigenvalue weighted by atomic mass is 10.3. The van der Waals surface area contributed by atoms with Crippen molar-refractivity contribution in [2.45, 2.75) is 12.5 Å². The molecule has 0 amide bonds. The van der Waals surface area contributed by atoms with Crippen LogP contribution in [0.3, 0.4) is 0 Å². The van der Waals surface area contributed by atoms with E-state index in [0.717, 1.165) is 26.2 Å². The zero-order valence-corrected chi connectivity index (χ0v) is 12.9. The summed E-state index contributed by atoms with van der Waals surface area (Å²) in [5.41, 5.74) is 0. The number of rotatable bonds is 3. The minimum Gasteiger partial charge on any atom is -0.365 e. The number of sulfone groups is 1. The second-order valence-electron chi connectivity index (χ2n) is 5.68. The van der Waals surface area contributed by atoms with Crippen LogP contribution in [0.4, 0.5) is 11.8 Å². The van der Waals surface area contributed by atoms with Crippen LogP contribution in [0.5, 0.6) is 0 Å². The Bertz CT molecular complexity index is 600. The van der Waals surface area contributed by atoms with Crippen LogP contribution in [-0.2, 0) is 9.84 Å². The fourth-order valence-corrected chi connectivity index (χ4v) is 4.30. The summed E-state index contributed by atoms with van der Waals surface area (Å²) < 4.78 is 22.9. The van der Waals surface area contributed by atoms with Crippen molar-refractivity contribution in [3.05, 3.63) is 6.20 Å². The lowest BCUT2D eigenvalue weighted by Gasteiger charge is -2.32. The van der Waals surface area contributed by atoms with Gasteiger partial charge in [-0.2, -0.15) is 10.1 Å². The molecule has 1 aromatic heterocycles. The molecule has 2 aliphatic rings. The molecule has 1 atom stereocenters. The molecule has 0 bridgehead atoms. The van der Waals surface area contributed by atoms with Gasteiger partial charge in [0.2, 0.25) is 5.95 Å². The van der Waals surface area contributed by atoms with Gasteiger partial charge in [-0.25, -0.2) is 8.42 Å². The lowest BCUT2D eigenvalue weighted by molar-refractivity contribution is 0.311. The Hall–Kier alpha value is -1.48. The molecule has 2 saturated heterocycles. The van der Waals surface area contributed by atoms with Gasteiger partial charge in [-0.3, -0.25) is 0 Å². The lowest BCUT2D eigenvalue weighted by Crippen LogP contribution is -2.45. The summed E-state index contributed by atoms with van der Waals surface area (Å²) in [6, 6.07) is -0.0768. The van der Waals surface area contributed by atoms with Crippen molar-refractivity contribution in [1.82, 2.24) is 20.1 Å². The van der Waals surface area contributed by atoms with Crippen LogP contribution in [0.2, 0.25) is 0 Å². The third-order valence-electron chi connectivity index (χ3n) is 3.92. The standard InChI is InChI=1S/C12H20N6O2S/c1-17-3-5-18(6-4-17)12-15-11(8-13-16-12)14-10-2-7-21(19,20)9-10/h8,10H,2-7,9H2,1H3,(H,14,15,16). The normalized spacial score (nSPS) is 26.0. The molecule has 3 rings (SSSR count). The van der Waals surface area contributed by atoms with Crippen LogP contribution in [-0.4, -0.2) is 79.3 Å². The van der Waals surface area contributed by atoms with Gasteiger partial charge in [0.25, 0.3) is 0 Å². The van der Waals surface area contributed by atoms with Gasteiger partial charge in [0.15, 0.2) is 15.7 Å². The highest BCUT2D eigenvalue weighted by Crippen LogP contribution is 2.17. The molecule has 1 unspecified atom stereocenters. The van der Waals surface area contributed by atoms with E-state index in [9.17, 15) is 8.42 Å². The van der Waals surface area contributed by atoms with E-state index in [1.165, 1.54) is 0 Å². The minimum absolute atomic E-state index is 0.0768. The molecular weight excluding hydrogens is 292 g/mol. The van der Waals surface area contributed by atoms with Gasteiger partial charge in [-0.15, -0.1) is 5.10 Å². The number of piperazine rings is 1. The van der Waals surface area contributed by atoms with Gasteiger partial charge in [0, 0.05) is 32.2 Å². The maximum absolute atomic E-state index is 11.5. The van der Waals surface area contributed by atoms with Gasteiger partial charge in [-0.1, -0.05) is 0 Å². The average molecular weight is 312 g/mol. The van der Waals surface area contributed by atoms with E-state index in [4.69, 9.17) is 0 Å². The third kappa shape index (κ3) is 3.59. The van der Waals surface area contributed by atoms with Crippen LogP contribution in [0.1, 0.15) is 6.42 Å². The summed E-state index contributed by atoms with van der Waals surface area (Å²) in [7, 11) is -0.802. The summed E-state index contributed by atoms with van der Waals surface area (Å²) >= 11 is 0. The molecular formula is C12H20N6O2S. The van der Waals surface area contributed by atoms with Gasteiger partial charge in [0.05, 0.1) is 17.7 Å². The van der Waals surface area contributed by atoms with E-state index < -0.39 is 9.84 Å². The molecule has 9 heteroatoms. The number of aromatic nitrogens is 3. The Balaban J connectivity index is 1.66. The first-order valence-electron chi connectivity index (χ1n) is 7.12. The van der Waals surface area contributed by atoms with Gasteiger partial charge < -0.3 is 15.1 Å². The Kier molecular flexibility index (Phi) is 3.94. The molecule has 2 aliphatic heterocycles. The van der Waals surface area contributed by atoms with Crippen LogP contribution >= 0.6 is 0 Å². The quantitative estimate of drug-likeness (QED) is 0.777. The smallest absolute Gasteiger partial charge is 0.247 e. The molecule has 3 heterocycles. The molecule has 0 radical (unpaired) electrons. The topological polar surface area (TPSA) is 91.3 Å². The first-order chi connectivity index (χ1) is 10.0. The number of likely N-dealkylation sites (N-methyl/N-ethyl adjacent to an activating group) is 1. The second kappa shape index (κ2) is 5.72. The van der Waals surface area contributed by atoms with Crippen LogP contribution < -0.4 is 10.2 Å². The first kappa shape index (κ1) is 14.5. The molecule has 0 spiro atoms. The van der Waals surface area contributed by atoms with Crippen molar-refractivity contribution in [3.8, 4) is 0 Å².